The van der Waals surface area contributed by atoms with Gasteiger partial charge in [0.25, 0.3) is 0 Å². The van der Waals surface area contributed by atoms with E-state index in [1.807, 2.05) is 32.1 Å². The van der Waals surface area contributed by atoms with Crippen molar-refractivity contribution < 1.29 is 38.0 Å². The molecule has 0 radical (unpaired) electrons. The van der Waals surface area contributed by atoms with Crippen LogP contribution >= 0.6 is 0 Å². The molecule has 2 aromatic rings. The fourth-order valence-corrected chi connectivity index (χ4v) is 3.28. The van der Waals surface area contributed by atoms with Gasteiger partial charge in [-0.05, 0) is 44.0 Å². The van der Waals surface area contributed by atoms with Crippen molar-refractivity contribution in [3.05, 3.63) is 64.4 Å². The number of carbonyl (C=O) groups excluding carboxylic acids is 1. The minimum atomic E-state index is -0.280. The molecule has 1 aliphatic rings. The highest BCUT2D eigenvalue weighted by Crippen LogP contribution is 2.46. The van der Waals surface area contributed by atoms with Crippen LogP contribution in [0.5, 0.6) is 23.0 Å². The van der Waals surface area contributed by atoms with Gasteiger partial charge in [-0.1, -0.05) is 23.8 Å². The highest BCUT2D eigenvalue weighted by atomic mass is 16.7. The summed E-state index contributed by atoms with van der Waals surface area (Å²) in [6, 6.07) is 8.93. The second kappa shape index (κ2) is 12.2. The lowest BCUT2D eigenvalue weighted by atomic mass is 10.0. The highest BCUT2D eigenvalue weighted by Gasteiger charge is 2.35. The molecule has 0 aliphatic carbocycles. The van der Waals surface area contributed by atoms with Gasteiger partial charge in [0, 0.05) is 33.0 Å². The number of hydrogen-bond acceptors (Lipinski definition) is 8. The first-order valence-corrected chi connectivity index (χ1v) is 10.7. The van der Waals surface area contributed by atoms with Crippen LogP contribution in [0, 0.1) is 0 Å². The minimum Gasteiger partial charge on any atom is -0.468 e. The van der Waals surface area contributed by atoms with E-state index in [1.54, 1.807) is 31.4 Å². The van der Waals surface area contributed by atoms with Crippen molar-refractivity contribution in [2.45, 2.75) is 20.3 Å². The Labute approximate surface area is 199 Å². The number of allylic oxidation sites excluding steroid dienone is 3. The van der Waals surface area contributed by atoms with E-state index < -0.39 is 0 Å². The Hall–Kier alpha value is -3.33. The van der Waals surface area contributed by atoms with Gasteiger partial charge in [0.15, 0.2) is 26.1 Å². The monoisotopic (exact) mass is 470 g/mol. The Morgan fingerprint density at radius 1 is 0.882 bits per heavy atom. The van der Waals surface area contributed by atoms with Crippen molar-refractivity contribution in [3.63, 3.8) is 0 Å². The second-order valence-corrected chi connectivity index (χ2v) is 7.70. The topological polar surface area (TPSA) is 81.7 Å². The van der Waals surface area contributed by atoms with E-state index in [-0.39, 0.29) is 31.9 Å². The van der Waals surface area contributed by atoms with E-state index in [1.165, 1.54) is 14.2 Å². The summed E-state index contributed by atoms with van der Waals surface area (Å²) in [5.41, 5.74) is 2.98. The molecule has 0 saturated heterocycles. The average molecular weight is 471 g/mol. The van der Waals surface area contributed by atoms with Gasteiger partial charge in [0.2, 0.25) is 5.78 Å². The van der Waals surface area contributed by atoms with Crippen molar-refractivity contribution in [1.29, 1.82) is 0 Å². The molecule has 0 fully saturated rings. The third-order valence-electron chi connectivity index (χ3n) is 4.87. The van der Waals surface area contributed by atoms with E-state index in [0.29, 0.717) is 35.0 Å². The molecule has 0 spiro atoms. The van der Waals surface area contributed by atoms with E-state index >= 15 is 0 Å². The van der Waals surface area contributed by atoms with Crippen LogP contribution in [-0.2, 0) is 20.6 Å². The zero-order valence-corrected chi connectivity index (χ0v) is 20.1. The number of hydrogen-bond donors (Lipinski definition) is 0. The number of ether oxygens (including phenoxy) is 7. The second-order valence-electron chi connectivity index (χ2n) is 7.70. The normalized spacial score (nSPS) is 13.4. The molecule has 3 rings (SSSR count). The smallest absolute Gasteiger partial charge is 0.235 e. The highest BCUT2D eigenvalue weighted by molar-refractivity contribution is 6.16. The molecule has 0 bridgehead atoms. The van der Waals surface area contributed by atoms with Gasteiger partial charge < -0.3 is 33.2 Å². The number of carbonyl (C=O) groups is 1. The predicted octanol–water partition coefficient (Wildman–Crippen LogP) is 4.76. The van der Waals surface area contributed by atoms with E-state index in [4.69, 9.17) is 33.2 Å². The number of ketones is 1. The summed E-state index contributed by atoms with van der Waals surface area (Å²) in [5, 5.41) is 0. The molecule has 8 nitrogen and oxygen atoms in total. The van der Waals surface area contributed by atoms with Crippen LogP contribution in [0.3, 0.4) is 0 Å². The molecule has 2 aromatic carbocycles. The van der Waals surface area contributed by atoms with Crippen molar-refractivity contribution in [1.82, 2.24) is 0 Å². The predicted molar refractivity (Wildman–Crippen MR) is 126 cm³/mol. The standard InChI is InChI=1S/C26H30O8/c1-17(2)6-11-20-21(32-15-29-4)13-22(33-16-30-5)24-25(27)23(34-26(20)24)12-18-7-9-19(10-8-18)31-14-28-3/h6-10,12-13H,11,14-16H2,1-5H3/b23-12-. The summed E-state index contributed by atoms with van der Waals surface area (Å²) < 4.78 is 38.1. The van der Waals surface area contributed by atoms with Crippen molar-refractivity contribution in [3.8, 4) is 23.0 Å². The van der Waals surface area contributed by atoms with Crippen LogP contribution in [0.15, 0.2) is 47.7 Å². The number of Topliss-reactive ketones (excluding diaryl/α,β-unsaturated/α-hetero) is 1. The molecule has 0 unspecified atom stereocenters. The van der Waals surface area contributed by atoms with Gasteiger partial charge in [0.1, 0.15) is 28.6 Å². The first kappa shape index (κ1) is 25.3. The van der Waals surface area contributed by atoms with Crippen LogP contribution in [-0.4, -0.2) is 47.5 Å². The van der Waals surface area contributed by atoms with Crippen molar-refractivity contribution >= 4 is 11.9 Å². The summed E-state index contributed by atoms with van der Waals surface area (Å²) in [4.78, 5) is 13.4. The van der Waals surface area contributed by atoms with Crippen LogP contribution in [0.2, 0.25) is 0 Å². The summed E-state index contributed by atoms with van der Waals surface area (Å²) in [5.74, 6) is 1.81. The maximum atomic E-state index is 13.4. The molecule has 8 heteroatoms. The van der Waals surface area contributed by atoms with Crippen LogP contribution in [0.1, 0.15) is 35.3 Å². The zero-order chi connectivity index (χ0) is 24.5. The molecule has 1 heterocycles. The fourth-order valence-electron chi connectivity index (χ4n) is 3.28. The number of fused-ring (bicyclic) bond motifs is 1. The molecular weight excluding hydrogens is 440 g/mol. The average Bonchev–Trinajstić information content (AvgIpc) is 3.15. The molecule has 0 atom stereocenters. The van der Waals surface area contributed by atoms with Gasteiger partial charge in [-0.15, -0.1) is 0 Å². The molecule has 1 aliphatic heterocycles. The van der Waals surface area contributed by atoms with Gasteiger partial charge >= 0.3 is 0 Å². The van der Waals surface area contributed by atoms with Crippen molar-refractivity contribution in [2.24, 2.45) is 0 Å². The Balaban J connectivity index is 2.02. The zero-order valence-electron chi connectivity index (χ0n) is 20.1. The number of rotatable bonds is 12. The van der Waals surface area contributed by atoms with E-state index in [2.05, 4.69) is 0 Å². The van der Waals surface area contributed by atoms with Crippen LogP contribution in [0.4, 0.5) is 0 Å². The largest absolute Gasteiger partial charge is 0.468 e. The fraction of sp³-hybridized carbons (Fsp3) is 0.346. The lowest BCUT2D eigenvalue weighted by molar-refractivity contribution is 0.0452. The Morgan fingerprint density at radius 2 is 1.50 bits per heavy atom. The summed E-state index contributed by atoms with van der Waals surface area (Å²) >= 11 is 0. The van der Waals surface area contributed by atoms with Gasteiger partial charge in [-0.25, -0.2) is 0 Å². The molecule has 34 heavy (non-hydrogen) atoms. The van der Waals surface area contributed by atoms with Gasteiger partial charge in [-0.3, -0.25) is 4.79 Å². The Morgan fingerprint density at radius 3 is 2.12 bits per heavy atom. The molecule has 182 valence electrons. The minimum absolute atomic E-state index is 0.0290. The first-order valence-electron chi connectivity index (χ1n) is 10.7. The molecule has 0 amide bonds. The first-order chi connectivity index (χ1) is 16.5. The lowest BCUT2D eigenvalue weighted by Gasteiger charge is -2.16. The molecule has 0 N–H and O–H groups in total. The quantitative estimate of drug-likeness (QED) is 0.250. The lowest BCUT2D eigenvalue weighted by Crippen LogP contribution is -2.07. The molecule has 0 saturated carbocycles. The van der Waals surface area contributed by atoms with Gasteiger partial charge in [-0.2, -0.15) is 0 Å². The van der Waals surface area contributed by atoms with Gasteiger partial charge in [0.05, 0.1) is 0 Å². The third kappa shape index (κ3) is 6.17. The molecule has 0 aromatic heterocycles. The number of methoxy groups -OCH3 is 3. The van der Waals surface area contributed by atoms with E-state index in [9.17, 15) is 4.79 Å². The van der Waals surface area contributed by atoms with Crippen LogP contribution in [0.25, 0.3) is 6.08 Å². The maximum absolute atomic E-state index is 13.4. The summed E-state index contributed by atoms with van der Waals surface area (Å²) in [6.45, 7) is 4.17. The Kier molecular flexibility index (Phi) is 9.09. The molecular formula is C26H30O8. The van der Waals surface area contributed by atoms with Crippen molar-refractivity contribution in [2.75, 3.05) is 41.7 Å². The summed E-state index contributed by atoms with van der Waals surface area (Å²) in [6.07, 6.45) is 4.24. The Bertz CT molecular complexity index is 1050. The third-order valence-corrected chi connectivity index (χ3v) is 4.87. The SMILES string of the molecule is COCOc1ccc(/C=C2\Oc3c(CC=C(C)C)c(OCOC)cc(OCOC)c3C2=O)cc1. The summed E-state index contributed by atoms with van der Waals surface area (Å²) in [7, 11) is 4.61. The van der Waals surface area contributed by atoms with E-state index in [0.717, 1.165) is 16.7 Å². The maximum Gasteiger partial charge on any atom is 0.235 e. The number of benzene rings is 2. The van der Waals surface area contributed by atoms with Crippen LogP contribution < -0.4 is 18.9 Å².